The maximum absolute atomic E-state index is 12.8. The summed E-state index contributed by atoms with van der Waals surface area (Å²) in [5, 5.41) is 3.94. The SMILES string of the molecule is CCn1c(C)c(C)c2cc(C(=O)Nc3cccc(CS(=O)(=O)NCCOC)c3)ccc21. The summed E-state index contributed by atoms with van der Waals surface area (Å²) in [5.41, 5.74) is 5.17. The van der Waals surface area contributed by atoms with Crippen LogP contribution in [0.4, 0.5) is 5.69 Å². The number of nitrogens with zero attached hydrogens (tertiary/aromatic N) is 1. The van der Waals surface area contributed by atoms with Gasteiger partial charge in [0.05, 0.1) is 12.4 Å². The van der Waals surface area contributed by atoms with Gasteiger partial charge in [0.25, 0.3) is 5.91 Å². The number of rotatable bonds is 9. The van der Waals surface area contributed by atoms with Gasteiger partial charge in [0.1, 0.15) is 0 Å². The van der Waals surface area contributed by atoms with Crippen molar-refractivity contribution in [3.63, 3.8) is 0 Å². The van der Waals surface area contributed by atoms with Crippen molar-refractivity contribution in [2.75, 3.05) is 25.6 Å². The minimum atomic E-state index is -3.48. The molecule has 3 aromatic rings. The number of benzene rings is 2. The Morgan fingerprint density at radius 2 is 1.90 bits per heavy atom. The molecule has 1 amide bonds. The van der Waals surface area contributed by atoms with Crippen molar-refractivity contribution in [1.29, 1.82) is 0 Å². The van der Waals surface area contributed by atoms with E-state index in [1.165, 1.54) is 18.4 Å². The number of aromatic nitrogens is 1. The zero-order valence-electron chi connectivity index (χ0n) is 18.4. The number of hydrogen-bond donors (Lipinski definition) is 2. The molecule has 7 nitrogen and oxygen atoms in total. The lowest BCUT2D eigenvalue weighted by Crippen LogP contribution is -2.28. The highest BCUT2D eigenvalue weighted by Gasteiger charge is 2.15. The van der Waals surface area contributed by atoms with Crippen LogP contribution in [0.1, 0.15) is 34.1 Å². The van der Waals surface area contributed by atoms with Gasteiger partial charge in [-0.25, -0.2) is 13.1 Å². The second kappa shape index (κ2) is 9.64. The number of methoxy groups -OCH3 is 1. The van der Waals surface area contributed by atoms with E-state index in [1.54, 1.807) is 24.3 Å². The molecule has 0 unspecified atom stereocenters. The average molecular weight is 444 g/mol. The summed E-state index contributed by atoms with van der Waals surface area (Å²) in [6.07, 6.45) is 0. The molecule has 0 aliphatic rings. The van der Waals surface area contributed by atoms with Gasteiger partial charge in [-0.05, 0) is 62.2 Å². The zero-order valence-corrected chi connectivity index (χ0v) is 19.2. The van der Waals surface area contributed by atoms with Crippen LogP contribution in [0.5, 0.6) is 0 Å². The smallest absolute Gasteiger partial charge is 0.255 e. The first-order valence-corrected chi connectivity index (χ1v) is 11.9. The molecule has 1 heterocycles. The summed E-state index contributed by atoms with van der Waals surface area (Å²) in [5.74, 6) is -0.406. The lowest BCUT2D eigenvalue weighted by molar-refractivity contribution is 0.102. The monoisotopic (exact) mass is 443 g/mol. The van der Waals surface area contributed by atoms with Crippen LogP contribution >= 0.6 is 0 Å². The van der Waals surface area contributed by atoms with Gasteiger partial charge in [-0.3, -0.25) is 4.79 Å². The van der Waals surface area contributed by atoms with Crippen LogP contribution in [0.2, 0.25) is 0 Å². The second-order valence-electron chi connectivity index (χ2n) is 7.49. The fourth-order valence-electron chi connectivity index (χ4n) is 3.71. The van der Waals surface area contributed by atoms with E-state index >= 15 is 0 Å². The van der Waals surface area contributed by atoms with E-state index in [9.17, 15) is 13.2 Å². The minimum absolute atomic E-state index is 0.171. The topological polar surface area (TPSA) is 89.4 Å². The maximum atomic E-state index is 12.8. The van der Waals surface area contributed by atoms with Gasteiger partial charge in [0, 0.05) is 48.0 Å². The van der Waals surface area contributed by atoms with Gasteiger partial charge in [-0.2, -0.15) is 0 Å². The van der Waals surface area contributed by atoms with Crippen molar-refractivity contribution in [1.82, 2.24) is 9.29 Å². The van der Waals surface area contributed by atoms with Gasteiger partial charge >= 0.3 is 0 Å². The van der Waals surface area contributed by atoms with Crippen molar-refractivity contribution in [2.24, 2.45) is 0 Å². The van der Waals surface area contributed by atoms with Crippen LogP contribution in [0.15, 0.2) is 42.5 Å². The molecule has 2 aromatic carbocycles. The van der Waals surface area contributed by atoms with E-state index in [4.69, 9.17) is 4.74 Å². The van der Waals surface area contributed by atoms with Gasteiger partial charge in [-0.1, -0.05) is 12.1 Å². The quantitative estimate of drug-likeness (QED) is 0.495. The highest BCUT2D eigenvalue weighted by Crippen LogP contribution is 2.26. The lowest BCUT2D eigenvalue weighted by Gasteiger charge is -2.10. The van der Waals surface area contributed by atoms with Crippen molar-refractivity contribution in [3.05, 3.63) is 64.8 Å². The summed E-state index contributed by atoms with van der Waals surface area (Å²) in [4.78, 5) is 12.8. The Hall–Kier alpha value is -2.68. The number of nitrogens with one attached hydrogen (secondary N) is 2. The Morgan fingerprint density at radius 3 is 2.61 bits per heavy atom. The fourth-order valence-corrected chi connectivity index (χ4v) is 4.83. The first kappa shape index (κ1) is 23.0. The molecular weight excluding hydrogens is 414 g/mol. The minimum Gasteiger partial charge on any atom is -0.383 e. The molecule has 0 spiro atoms. The molecule has 0 fully saturated rings. The van der Waals surface area contributed by atoms with Crippen molar-refractivity contribution in [3.8, 4) is 0 Å². The Kier molecular flexibility index (Phi) is 7.15. The number of aryl methyl sites for hydroxylation is 2. The maximum Gasteiger partial charge on any atom is 0.255 e. The normalized spacial score (nSPS) is 11.7. The van der Waals surface area contributed by atoms with Crippen molar-refractivity contribution >= 4 is 32.5 Å². The van der Waals surface area contributed by atoms with Gasteiger partial charge < -0.3 is 14.6 Å². The number of carbonyl (C=O) groups is 1. The number of hydrogen-bond acceptors (Lipinski definition) is 4. The third-order valence-electron chi connectivity index (χ3n) is 5.39. The number of sulfonamides is 1. The van der Waals surface area contributed by atoms with Crippen LogP contribution < -0.4 is 10.0 Å². The van der Waals surface area contributed by atoms with E-state index in [0.717, 1.165) is 17.4 Å². The highest BCUT2D eigenvalue weighted by atomic mass is 32.2. The molecule has 3 rings (SSSR count). The molecule has 0 atom stereocenters. The number of anilines is 1. The van der Waals surface area contributed by atoms with E-state index in [1.807, 2.05) is 18.2 Å². The third-order valence-corrected chi connectivity index (χ3v) is 6.74. The highest BCUT2D eigenvalue weighted by molar-refractivity contribution is 7.88. The summed E-state index contributed by atoms with van der Waals surface area (Å²) in [6, 6.07) is 12.6. The molecule has 0 aliphatic carbocycles. The summed E-state index contributed by atoms with van der Waals surface area (Å²) < 4.78 is 34.0. The van der Waals surface area contributed by atoms with Gasteiger partial charge in [0.2, 0.25) is 10.0 Å². The van der Waals surface area contributed by atoms with Crippen LogP contribution in [0.3, 0.4) is 0 Å². The Bertz CT molecular complexity index is 1200. The van der Waals surface area contributed by atoms with Crippen LogP contribution in [0.25, 0.3) is 10.9 Å². The molecular formula is C23H29N3O4S. The number of fused-ring (bicyclic) bond motifs is 1. The summed E-state index contributed by atoms with van der Waals surface area (Å²) in [6.45, 7) is 7.65. The predicted molar refractivity (Wildman–Crippen MR) is 124 cm³/mol. The van der Waals surface area contributed by atoms with E-state index in [0.29, 0.717) is 23.4 Å². The first-order valence-electron chi connectivity index (χ1n) is 10.2. The summed E-state index contributed by atoms with van der Waals surface area (Å²) >= 11 is 0. The van der Waals surface area contributed by atoms with E-state index in [-0.39, 0.29) is 18.2 Å². The van der Waals surface area contributed by atoms with E-state index < -0.39 is 10.0 Å². The van der Waals surface area contributed by atoms with Crippen LogP contribution in [0, 0.1) is 13.8 Å². The number of ether oxygens (including phenoxy) is 1. The largest absolute Gasteiger partial charge is 0.383 e. The fraction of sp³-hybridized carbons (Fsp3) is 0.348. The molecule has 8 heteroatoms. The van der Waals surface area contributed by atoms with E-state index in [2.05, 4.69) is 35.4 Å². The first-order chi connectivity index (χ1) is 14.8. The molecule has 0 radical (unpaired) electrons. The van der Waals surface area contributed by atoms with Gasteiger partial charge in [0.15, 0.2) is 0 Å². The Balaban J connectivity index is 1.76. The molecule has 31 heavy (non-hydrogen) atoms. The van der Waals surface area contributed by atoms with Crippen LogP contribution in [-0.2, 0) is 27.1 Å². The zero-order chi connectivity index (χ0) is 22.6. The number of amides is 1. The summed E-state index contributed by atoms with van der Waals surface area (Å²) in [7, 11) is -1.97. The average Bonchev–Trinajstić information content (AvgIpc) is 2.97. The third kappa shape index (κ3) is 5.33. The molecule has 0 saturated heterocycles. The van der Waals surface area contributed by atoms with Crippen molar-refractivity contribution in [2.45, 2.75) is 33.1 Å². The molecule has 0 saturated carbocycles. The lowest BCUT2D eigenvalue weighted by atomic mass is 10.1. The van der Waals surface area contributed by atoms with Crippen LogP contribution in [-0.4, -0.2) is 39.2 Å². The van der Waals surface area contributed by atoms with Crippen molar-refractivity contribution < 1.29 is 17.9 Å². The molecule has 2 N–H and O–H groups in total. The second-order valence-corrected chi connectivity index (χ2v) is 9.29. The molecule has 0 bridgehead atoms. The molecule has 166 valence electrons. The standard InChI is InChI=1S/C23H29N3O4S/c1-5-26-17(3)16(2)21-14-19(9-10-22(21)26)23(27)25-20-8-6-7-18(13-20)15-31(28,29)24-11-12-30-4/h6-10,13-14,24H,5,11-12,15H2,1-4H3,(H,25,27). The Labute approximate surface area is 183 Å². The molecule has 1 aromatic heterocycles. The predicted octanol–water partition coefficient (Wildman–Crippen LogP) is 3.60. The molecule has 0 aliphatic heterocycles. The van der Waals surface area contributed by atoms with Gasteiger partial charge in [-0.15, -0.1) is 0 Å². The Morgan fingerprint density at radius 1 is 1.13 bits per heavy atom. The number of carbonyl (C=O) groups excluding carboxylic acids is 1.